The third kappa shape index (κ3) is 1.18. The number of aromatic nitrogens is 1. The summed E-state index contributed by atoms with van der Waals surface area (Å²) >= 11 is 0. The normalized spacial score (nSPS) is 10.5. The van der Waals surface area contributed by atoms with E-state index in [0.717, 1.165) is 11.1 Å². The van der Waals surface area contributed by atoms with Crippen molar-refractivity contribution >= 4 is 11.2 Å². The predicted octanol–water partition coefficient (Wildman–Crippen LogP) is 1.19. The van der Waals surface area contributed by atoms with Gasteiger partial charge in [0.05, 0.1) is 5.69 Å². The molecule has 2 N–H and O–H groups in total. The quantitative estimate of drug-likeness (QED) is 0.652. The molecular formula is C10H10N2O. The minimum Gasteiger partial charge on any atom is -0.394 e. The predicted molar refractivity (Wildman–Crippen MR) is 52.8 cm³/mol. The minimum atomic E-state index is -0.155. The Labute approximate surface area is 75.4 Å². The van der Waals surface area contributed by atoms with E-state index in [1.165, 1.54) is 0 Å². The van der Waals surface area contributed by atoms with Crippen LogP contribution in [0, 0.1) is 6.92 Å². The lowest BCUT2D eigenvalue weighted by Gasteiger charge is -2.01. The number of hydrogen-bond donors (Lipinski definition) is 1. The molecule has 0 unspecified atom stereocenters. The van der Waals surface area contributed by atoms with Gasteiger partial charge in [-0.05, 0) is 36.8 Å². The van der Waals surface area contributed by atoms with Gasteiger partial charge in [0.1, 0.15) is 0 Å². The first-order chi connectivity index (χ1) is 6.18. The van der Waals surface area contributed by atoms with Crippen LogP contribution in [-0.4, -0.2) is 4.40 Å². The summed E-state index contributed by atoms with van der Waals surface area (Å²) in [4.78, 5) is 11.5. The summed E-state index contributed by atoms with van der Waals surface area (Å²) in [5.74, 6) is 0. The van der Waals surface area contributed by atoms with Gasteiger partial charge in [-0.1, -0.05) is 0 Å². The molecule has 0 radical (unpaired) electrons. The average molecular weight is 174 g/mol. The molecular weight excluding hydrogens is 164 g/mol. The van der Waals surface area contributed by atoms with Crippen molar-refractivity contribution in [1.29, 1.82) is 0 Å². The first kappa shape index (κ1) is 7.86. The smallest absolute Gasteiger partial charge is 0.278 e. The van der Waals surface area contributed by atoms with Crippen LogP contribution in [0.2, 0.25) is 0 Å². The molecule has 66 valence electrons. The molecule has 0 aliphatic rings. The van der Waals surface area contributed by atoms with Crippen molar-refractivity contribution < 1.29 is 0 Å². The fourth-order valence-corrected chi connectivity index (χ4v) is 1.33. The van der Waals surface area contributed by atoms with E-state index in [1.807, 2.05) is 25.1 Å². The minimum absolute atomic E-state index is 0.155. The highest BCUT2D eigenvalue weighted by Crippen LogP contribution is 2.05. The van der Waals surface area contributed by atoms with E-state index in [4.69, 9.17) is 5.73 Å². The van der Waals surface area contributed by atoms with Crippen LogP contribution in [0.1, 0.15) is 5.56 Å². The second-order valence-corrected chi connectivity index (χ2v) is 3.09. The van der Waals surface area contributed by atoms with Gasteiger partial charge in [-0.2, -0.15) is 0 Å². The summed E-state index contributed by atoms with van der Waals surface area (Å²) in [6.07, 6.45) is 1.74. The Morgan fingerprint density at radius 1 is 1.31 bits per heavy atom. The fourth-order valence-electron chi connectivity index (χ4n) is 1.33. The van der Waals surface area contributed by atoms with Crippen LogP contribution in [-0.2, 0) is 0 Å². The van der Waals surface area contributed by atoms with Gasteiger partial charge < -0.3 is 5.73 Å². The number of fused-ring (bicyclic) bond motifs is 1. The Balaban J connectivity index is 2.95. The number of nitrogen functional groups attached to an aromatic ring is 1. The molecule has 0 saturated carbocycles. The molecule has 3 heteroatoms. The monoisotopic (exact) mass is 174 g/mol. The van der Waals surface area contributed by atoms with Crippen molar-refractivity contribution in [2.24, 2.45) is 0 Å². The molecule has 2 rings (SSSR count). The number of pyridine rings is 2. The zero-order valence-corrected chi connectivity index (χ0v) is 7.32. The number of aryl methyl sites for hydroxylation is 1. The van der Waals surface area contributed by atoms with E-state index in [2.05, 4.69) is 0 Å². The van der Waals surface area contributed by atoms with E-state index in [0.29, 0.717) is 0 Å². The van der Waals surface area contributed by atoms with Gasteiger partial charge in [-0.3, -0.25) is 9.20 Å². The van der Waals surface area contributed by atoms with Gasteiger partial charge in [-0.25, -0.2) is 0 Å². The molecule has 3 nitrogen and oxygen atoms in total. The van der Waals surface area contributed by atoms with Crippen molar-refractivity contribution in [2.75, 3.05) is 5.73 Å². The summed E-state index contributed by atoms with van der Waals surface area (Å²) in [6.45, 7) is 1.99. The van der Waals surface area contributed by atoms with Crippen molar-refractivity contribution in [1.82, 2.24) is 4.40 Å². The van der Waals surface area contributed by atoms with Gasteiger partial charge in [0.25, 0.3) is 5.56 Å². The molecule has 0 bridgehead atoms. The van der Waals surface area contributed by atoms with E-state index in [-0.39, 0.29) is 11.2 Å². The maximum Gasteiger partial charge on any atom is 0.278 e. The Kier molecular flexibility index (Phi) is 1.59. The maximum atomic E-state index is 11.5. The molecule has 0 saturated heterocycles. The Hall–Kier alpha value is -1.77. The van der Waals surface area contributed by atoms with E-state index < -0.39 is 0 Å². The number of rotatable bonds is 0. The van der Waals surface area contributed by atoms with Crippen molar-refractivity contribution in [3.8, 4) is 0 Å². The standard InChI is InChI=1S/C10H10N2O/c1-7-4-5-12-8(6-7)2-3-9(11)10(12)13/h2-6H,11H2,1H3. The van der Waals surface area contributed by atoms with Gasteiger partial charge in [-0.15, -0.1) is 0 Å². The molecule has 13 heavy (non-hydrogen) atoms. The average Bonchev–Trinajstić information content (AvgIpc) is 2.12. The summed E-state index contributed by atoms with van der Waals surface area (Å²) < 4.78 is 1.54. The van der Waals surface area contributed by atoms with Crippen molar-refractivity contribution in [3.05, 3.63) is 46.4 Å². The van der Waals surface area contributed by atoms with Crippen molar-refractivity contribution in [3.63, 3.8) is 0 Å². The molecule has 2 aromatic heterocycles. The SMILES string of the molecule is Cc1ccn2c(=O)c(N)ccc2c1. The van der Waals surface area contributed by atoms with Crippen LogP contribution in [0.15, 0.2) is 35.3 Å². The van der Waals surface area contributed by atoms with Crippen LogP contribution in [0.25, 0.3) is 5.52 Å². The third-order valence-electron chi connectivity index (χ3n) is 2.04. The van der Waals surface area contributed by atoms with Crippen LogP contribution < -0.4 is 11.3 Å². The third-order valence-corrected chi connectivity index (χ3v) is 2.04. The zero-order chi connectivity index (χ0) is 9.42. The van der Waals surface area contributed by atoms with Gasteiger partial charge in [0, 0.05) is 11.7 Å². The number of hydrogen-bond acceptors (Lipinski definition) is 2. The second kappa shape index (κ2) is 2.62. The Bertz CT molecular complexity index is 514. The largest absolute Gasteiger partial charge is 0.394 e. The maximum absolute atomic E-state index is 11.5. The van der Waals surface area contributed by atoms with E-state index in [9.17, 15) is 4.79 Å². The molecule has 0 aromatic carbocycles. The zero-order valence-electron chi connectivity index (χ0n) is 7.32. The first-order valence-electron chi connectivity index (χ1n) is 4.06. The fraction of sp³-hybridized carbons (Fsp3) is 0.100. The molecule has 0 amide bonds. The Morgan fingerprint density at radius 2 is 2.08 bits per heavy atom. The lowest BCUT2D eigenvalue weighted by molar-refractivity contribution is 1.09. The van der Waals surface area contributed by atoms with Crippen molar-refractivity contribution in [2.45, 2.75) is 6.92 Å². The summed E-state index contributed by atoms with van der Waals surface area (Å²) in [5.41, 5.74) is 7.62. The summed E-state index contributed by atoms with van der Waals surface area (Å²) in [6, 6.07) is 7.30. The number of anilines is 1. The van der Waals surface area contributed by atoms with Gasteiger partial charge in [0.15, 0.2) is 0 Å². The first-order valence-corrected chi connectivity index (χ1v) is 4.06. The lowest BCUT2D eigenvalue weighted by Crippen LogP contribution is -2.16. The molecule has 2 heterocycles. The molecule has 0 fully saturated rings. The van der Waals surface area contributed by atoms with Crippen LogP contribution in [0.4, 0.5) is 5.69 Å². The van der Waals surface area contributed by atoms with E-state index in [1.54, 1.807) is 16.7 Å². The van der Waals surface area contributed by atoms with Crippen LogP contribution in [0.5, 0.6) is 0 Å². The number of nitrogens with zero attached hydrogens (tertiary/aromatic N) is 1. The molecule has 0 spiro atoms. The molecule has 0 aliphatic carbocycles. The molecule has 0 aliphatic heterocycles. The van der Waals surface area contributed by atoms with E-state index >= 15 is 0 Å². The number of nitrogens with two attached hydrogens (primary N) is 1. The topological polar surface area (TPSA) is 47.5 Å². The Morgan fingerprint density at radius 3 is 2.85 bits per heavy atom. The highest BCUT2D eigenvalue weighted by atomic mass is 16.1. The van der Waals surface area contributed by atoms with Crippen LogP contribution >= 0.6 is 0 Å². The lowest BCUT2D eigenvalue weighted by atomic mass is 10.2. The molecule has 2 aromatic rings. The highest BCUT2D eigenvalue weighted by molar-refractivity contribution is 5.53. The second-order valence-electron chi connectivity index (χ2n) is 3.09. The molecule has 0 atom stereocenters. The van der Waals surface area contributed by atoms with Gasteiger partial charge >= 0.3 is 0 Å². The highest BCUT2D eigenvalue weighted by Gasteiger charge is 1.98. The van der Waals surface area contributed by atoms with Gasteiger partial charge in [0.2, 0.25) is 0 Å². The summed E-state index contributed by atoms with van der Waals surface area (Å²) in [5, 5.41) is 0. The summed E-state index contributed by atoms with van der Waals surface area (Å²) in [7, 11) is 0. The van der Waals surface area contributed by atoms with Crippen LogP contribution in [0.3, 0.4) is 0 Å².